The summed E-state index contributed by atoms with van der Waals surface area (Å²) >= 11 is 0. The van der Waals surface area contributed by atoms with Crippen molar-refractivity contribution in [2.24, 2.45) is 0 Å². The second kappa shape index (κ2) is 4.45. The van der Waals surface area contributed by atoms with Gasteiger partial charge in [-0.2, -0.15) is 0 Å². The zero-order valence-corrected chi connectivity index (χ0v) is 7.45. The molecule has 4 nitrogen and oxygen atoms in total. The number of carbonyl (C=O) groups is 1. The molecule has 0 saturated heterocycles. The number of nitrogens with zero attached hydrogens (tertiary/aromatic N) is 1. The fourth-order valence-electron chi connectivity index (χ4n) is 0.742. The molecule has 0 amide bonds. The monoisotopic (exact) mass is 181 g/mol. The number of carbonyl (C=O) groups excluding carboxylic acids is 1. The molecule has 0 fully saturated rings. The molecule has 0 atom stereocenters. The summed E-state index contributed by atoms with van der Waals surface area (Å²) in [6.45, 7) is 5.77. The van der Waals surface area contributed by atoms with Crippen molar-refractivity contribution in [2.75, 3.05) is 6.61 Å². The van der Waals surface area contributed by atoms with Gasteiger partial charge in [0.15, 0.2) is 0 Å². The third-order valence-electron chi connectivity index (χ3n) is 1.34. The number of esters is 1. The first-order chi connectivity index (χ1) is 6.27. The molecule has 0 aromatic carbocycles. The van der Waals surface area contributed by atoms with Gasteiger partial charge < -0.3 is 9.15 Å². The highest BCUT2D eigenvalue weighted by Gasteiger charge is 2.11. The van der Waals surface area contributed by atoms with E-state index in [9.17, 15) is 4.79 Å². The van der Waals surface area contributed by atoms with Gasteiger partial charge in [-0.05, 0) is 12.5 Å². The van der Waals surface area contributed by atoms with Crippen LogP contribution in [0.2, 0.25) is 0 Å². The molecular weight excluding hydrogens is 170 g/mol. The van der Waals surface area contributed by atoms with Gasteiger partial charge in [-0.1, -0.05) is 13.5 Å². The zero-order valence-electron chi connectivity index (χ0n) is 7.45. The van der Waals surface area contributed by atoms with E-state index in [1.165, 1.54) is 12.3 Å². The van der Waals surface area contributed by atoms with Crippen molar-refractivity contribution in [3.63, 3.8) is 0 Å². The lowest BCUT2D eigenvalue weighted by molar-refractivity contribution is 0.0468. The third-order valence-corrected chi connectivity index (χ3v) is 1.34. The maximum absolute atomic E-state index is 11.1. The molecule has 0 aliphatic rings. The van der Waals surface area contributed by atoms with E-state index in [1.54, 1.807) is 0 Å². The van der Waals surface area contributed by atoms with E-state index in [0.717, 1.165) is 6.42 Å². The minimum absolute atomic E-state index is 0.114. The molecule has 13 heavy (non-hydrogen) atoms. The van der Waals surface area contributed by atoms with Crippen LogP contribution in [0.1, 0.15) is 29.8 Å². The lowest BCUT2D eigenvalue weighted by Crippen LogP contribution is -2.04. The Hall–Kier alpha value is -1.58. The molecule has 70 valence electrons. The Morgan fingerprint density at radius 3 is 3.15 bits per heavy atom. The highest BCUT2D eigenvalue weighted by atomic mass is 16.5. The molecule has 1 rings (SSSR count). The zero-order chi connectivity index (χ0) is 9.68. The molecule has 1 aromatic rings. The average Bonchev–Trinajstić information content (AvgIpc) is 2.62. The van der Waals surface area contributed by atoms with Crippen molar-refractivity contribution in [2.45, 2.75) is 13.3 Å². The molecular formula is C9H11NO3. The molecule has 0 spiro atoms. The molecule has 0 aliphatic heterocycles. The predicted molar refractivity (Wildman–Crippen MR) is 47.2 cm³/mol. The number of oxazole rings is 1. The van der Waals surface area contributed by atoms with Crippen molar-refractivity contribution in [1.82, 2.24) is 4.98 Å². The van der Waals surface area contributed by atoms with E-state index >= 15 is 0 Å². The summed E-state index contributed by atoms with van der Waals surface area (Å²) in [5.41, 5.74) is 0. The molecule has 0 radical (unpaired) electrons. The Balaban J connectivity index is 2.60. The highest BCUT2D eigenvalue weighted by Crippen LogP contribution is 2.06. The summed E-state index contributed by atoms with van der Waals surface area (Å²) < 4.78 is 9.82. The maximum atomic E-state index is 11.1. The number of hydrogen-bond acceptors (Lipinski definition) is 4. The Kier molecular flexibility index (Phi) is 3.25. The normalized spacial score (nSPS) is 9.62. The standard InChI is InChI=1S/C9H11NO3/c1-3-5-12-9(11)7-6-10-8(4-2)13-7/h4,6H,2-3,5H2,1H3. The Labute approximate surface area is 76.2 Å². The topological polar surface area (TPSA) is 52.3 Å². The van der Waals surface area contributed by atoms with Crippen LogP contribution in [0.25, 0.3) is 6.08 Å². The van der Waals surface area contributed by atoms with Crippen molar-refractivity contribution < 1.29 is 13.9 Å². The molecule has 1 aromatic heterocycles. The second-order valence-electron chi connectivity index (χ2n) is 2.40. The van der Waals surface area contributed by atoms with Gasteiger partial charge in [0.1, 0.15) is 0 Å². The maximum Gasteiger partial charge on any atom is 0.375 e. The molecule has 0 bridgehead atoms. The van der Waals surface area contributed by atoms with E-state index in [1.807, 2.05) is 6.92 Å². The van der Waals surface area contributed by atoms with Crippen molar-refractivity contribution in [3.05, 3.63) is 24.4 Å². The third kappa shape index (κ3) is 2.43. The summed E-state index contributed by atoms with van der Waals surface area (Å²) in [4.78, 5) is 14.9. The molecule has 1 heterocycles. The van der Waals surface area contributed by atoms with Gasteiger partial charge in [0, 0.05) is 0 Å². The van der Waals surface area contributed by atoms with Crippen LogP contribution in [0.5, 0.6) is 0 Å². The predicted octanol–water partition coefficient (Wildman–Crippen LogP) is 1.88. The van der Waals surface area contributed by atoms with Gasteiger partial charge in [0.05, 0.1) is 12.8 Å². The van der Waals surface area contributed by atoms with E-state index in [4.69, 9.17) is 9.15 Å². The Morgan fingerprint density at radius 1 is 1.85 bits per heavy atom. The van der Waals surface area contributed by atoms with Crippen molar-refractivity contribution in [1.29, 1.82) is 0 Å². The fourth-order valence-corrected chi connectivity index (χ4v) is 0.742. The van der Waals surface area contributed by atoms with Crippen LogP contribution in [0.15, 0.2) is 17.2 Å². The molecule has 0 aliphatic carbocycles. The summed E-state index contributed by atoms with van der Waals surface area (Å²) in [5, 5.41) is 0. The van der Waals surface area contributed by atoms with Crippen LogP contribution in [-0.2, 0) is 4.74 Å². The van der Waals surface area contributed by atoms with Gasteiger partial charge >= 0.3 is 5.97 Å². The molecule has 0 saturated carbocycles. The fraction of sp³-hybridized carbons (Fsp3) is 0.333. The summed E-state index contributed by atoms with van der Waals surface area (Å²) in [6, 6.07) is 0. The van der Waals surface area contributed by atoms with E-state index < -0.39 is 5.97 Å². The Bertz CT molecular complexity index is 304. The van der Waals surface area contributed by atoms with Crippen LogP contribution in [0.3, 0.4) is 0 Å². The van der Waals surface area contributed by atoms with Crippen molar-refractivity contribution >= 4 is 12.0 Å². The van der Waals surface area contributed by atoms with E-state index in [-0.39, 0.29) is 5.76 Å². The van der Waals surface area contributed by atoms with Gasteiger partial charge in [-0.25, -0.2) is 9.78 Å². The summed E-state index contributed by atoms with van der Waals surface area (Å²) in [5.74, 6) is -0.0470. The summed E-state index contributed by atoms with van der Waals surface area (Å²) in [6.07, 6.45) is 3.54. The van der Waals surface area contributed by atoms with Gasteiger partial charge in [0.2, 0.25) is 11.7 Å². The Morgan fingerprint density at radius 2 is 2.62 bits per heavy atom. The quantitative estimate of drug-likeness (QED) is 0.665. The van der Waals surface area contributed by atoms with Gasteiger partial charge in [-0.15, -0.1) is 0 Å². The second-order valence-corrected chi connectivity index (χ2v) is 2.40. The van der Waals surface area contributed by atoms with Gasteiger partial charge in [0.25, 0.3) is 0 Å². The lowest BCUT2D eigenvalue weighted by atomic mass is 10.5. The average molecular weight is 181 g/mol. The first kappa shape index (κ1) is 9.51. The molecule has 0 unspecified atom stereocenters. The number of ether oxygens (including phenoxy) is 1. The largest absolute Gasteiger partial charge is 0.460 e. The lowest BCUT2D eigenvalue weighted by Gasteiger charge is -1.97. The first-order valence-corrected chi connectivity index (χ1v) is 4.03. The van der Waals surface area contributed by atoms with E-state index in [0.29, 0.717) is 12.5 Å². The number of rotatable bonds is 4. The molecule has 0 N–H and O–H groups in total. The van der Waals surface area contributed by atoms with Crippen LogP contribution >= 0.6 is 0 Å². The smallest absolute Gasteiger partial charge is 0.375 e. The number of hydrogen-bond donors (Lipinski definition) is 0. The molecule has 4 heteroatoms. The highest BCUT2D eigenvalue weighted by molar-refractivity contribution is 5.86. The van der Waals surface area contributed by atoms with Crippen LogP contribution in [-0.4, -0.2) is 17.6 Å². The minimum Gasteiger partial charge on any atom is -0.460 e. The number of aromatic nitrogens is 1. The van der Waals surface area contributed by atoms with Crippen LogP contribution in [0, 0.1) is 0 Å². The van der Waals surface area contributed by atoms with E-state index in [2.05, 4.69) is 11.6 Å². The summed E-state index contributed by atoms with van der Waals surface area (Å²) in [7, 11) is 0. The van der Waals surface area contributed by atoms with Gasteiger partial charge in [-0.3, -0.25) is 0 Å². The SMILES string of the molecule is C=Cc1ncc(C(=O)OCCC)o1. The van der Waals surface area contributed by atoms with Crippen LogP contribution in [0.4, 0.5) is 0 Å². The van der Waals surface area contributed by atoms with Crippen LogP contribution < -0.4 is 0 Å². The first-order valence-electron chi connectivity index (χ1n) is 4.03. The minimum atomic E-state index is -0.484. The van der Waals surface area contributed by atoms with Crippen molar-refractivity contribution in [3.8, 4) is 0 Å².